The van der Waals surface area contributed by atoms with Crippen molar-refractivity contribution in [3.05, 3.63) is 29.8 Å². The first-order valence-electron chi connectivity index (χ1n) is 7.85. The van der Waals surface area contributed by atoms with Gasteiger partial charge in [0.05, 0.1) is 10.5 Å². The zero-order valence-electron chi connectivity index (χ0n) is 13.2. The number of hydrogen-bond acceptors (Lipinski definition) is 4. The van der Waals surface area contributed by atoms with Gasteiger partial charge >= 0.3 is 5.97 Å². The lowest BCUT2D eigenvalue weighted by Crippen LogP contribution is -2.40. The Bertz CT molecular complexity index is 709. The van der Waals surface area contributed by atoms with Gasteiger partial charge in [-0.3, -0.25) is 0 Å². The maximum Gasteiger partial charge on any atom is 0.335 e. The summed E-state index contributed by atoms with van der Waals surface area (Å²) in [5.74, 6) is -1.12. The molecule has 0 aliphatic carbocycles. The highest BCUT2D eigenvalue weighted by Gasteiger charge is 2.44. The third-order valence-electron chi connectivity index (χ3n) is 5.17. The zero-order chi connectivity index (χ0) is 16.7. The molecule has 2 saturated heterocycles. The van der Waals surface area contributed by atoms with Gasteiger partial charge < -0.3 is 10.0 Å². The molecule has 1 N–H and O–H groups in total. The Kier molecular flexibility index (Phi) is 4.20. The lowest BCUT2D eigenvalue weighted by Gasteiger charge is -2.37. The number of likely N-dealkylation sites (tertiary alicyclic amines) is 1. The molecule has 3 rings (SSSR count). The van der Waals surface area contributed by atoms with Gasteiger partial charge in [0.25, 0.3) is 0 Å². The first-order chi connectivity index (χ1) is 10.8. The van der Waals surface area contributed by atoms with Gasteiger partial charge in [0.2, 0.25) is 10.0 Å². The molecule has 0 bridgehead atoms. The second-order valence-corrected chi connectivity index (χ2v) is 8.66. The minimum Gasteiger partial charge on any atom is -0.478 e. The molecule has 2 aliphatic heterocycles. The molecule has 126 valence electrons. The van der Waals surface area contributed by atoms with Crippen LogP contribution in [0, 0.1) is 5.41 Å². The zero-order valence-corrected chi connectivity index (χ0v) is 14.1. The van der Waals surface area contributed by atoms with E-state index in [1.165, 1.54) is 28.6 Å². The fourth-order valence-corrected chi connectivity index (χ4v) is 5.14. The number of rotatable bonds is 3. The first-order valence-corrected chi connectivity index (χ1v) is 9.29. The third kappa shape index (κ3) is 3.13. The molecular formula is C16H22N2O4S. The van der Waals surface area contributed by atoms with Gasteiger partial charge in [0, 0.05) is 13.1 Å². The molecule has 0 aromatic heterocycles. The summed E-state index contributed by atoms with van der Waals surface area (Å²) in [4.78, 5) is 13.4. The topological polar surface area (TPSA) is 77.9 Å². The molecule has 2 fully saturated rings. The molecule has 0 radical (unpaired) electrons. The average Bonchev–Trinajstić information content (AvgIpc) is 2.95. The number of aromatic carboxylic acids is 1. The summed E-state index contributed by atoms with van der Waals surface area (Å²) in [6.07, 6.45) is 2.92. The van der Waals surface area contributed by atoms with Crippen molar-refractivity contribution in [2.45, 2.75) is 24.2 Å². The van der Waals surface area contributed by atoms with E-state index in [1.54, 1.807) is 0 Å². The predicted octanol–water partition coefficient (Wildman–Crippen LogP) is 1.49. The van der Waals surface area contributed by atoms with Crippen LogP contribution in [0.5, 0.6) is 0 Å². The van der Waals surface area contributed by atoms with Gasteiger partial charge in [-0.15, -0.1) is 0 Å². The summed E-state index contributed by atoms with van der Waals surface area (Å²) >= 11 is 0. The van der Waals surface area contributed by atoms with Gasteiger partial charge in [-0.05, 0) is 63.0 Å². The number of hydrogen-bond donors (Lipinski definition) is 1. The maximum atomic E-state index is 12.8. The van der Waals surface area contributed by atoms with Gasteiger partial charge in [0.15, 0.2) is 0 Å². The second-order valence-electron chi connectivity index (χ2n) is 6.72. The van der Waals surface area contributed by atoms with E-state index in [-0.39, 0.29) is 15.9 Å². The molecule has 1 aromatic carbocycles. The monoisotopic (exact) mass is 338 g/mol. The Balaban J connectivity index is 1.81. The Hall–Kier alpha value is -1.44. The van der Waals surface area contributed by atoms with Crippen LogP contribution in [-0.2, 0) is 10.0 Å². The fourth-order valence-electron chi connectivity index (χ4n) is 3.54. The molecule has 23 heavy (non-hydrogen) atoms. The van der Waals surface area contributed by atoms with Crippen LogP contribution in [0.3, 0.4) is 0 Å². The van der Waals surface area contributed by atoms with Crippen LogP contribution in [0.4, 0.5) is 0 Å². The minimum absolute atomic E-state index is 0.000670. The van der Waals surface area contributed by atoms with E-state index >= 15 is 0 Å². The smallest absolute Gasteiger partial charge is 0.335 e. The highest BCUT2D eigenvalue weighted by Crippen LogP contribution is 2.41. The van der Waals surface area contributed by atoms with E-state index in [1.807, 2.05) is 0 Å². The number of carboxylic acid groups (broad SMARTS) is 1. The number of sulfonamides is 1. The number of benzene rings is 1. The normalized spacial score (nSPS) is 22.5. The summed E-state index contributed by atoms with van der Waals surface area (Å²) in [6, 6.07) is 5.61. The predicted molar refractivity (Wildman–Crippen MR) is 85.9 cm³/mol. The van der Waals surface area contributed by atoms with Gasteiger partial charge in [-0.25, -0.2) is 13.2 Å². The number of piperidine rings is 1. The van der Waals surface area contributed by atoms with Crippen molar-refractivity contribution in [2.75, 3.05) is 33.2 Å². The molecule has 6 nitrogen and oxygen atoms in total. The Labute approximate surface area is 136 Å². The second kappa shape index (κ2) is 5.89. The van der Waals surface area contributed by atoms with E-state index in [0.717, 1.165) is 32.4 Å². The highest BCUT2D eigenvalue weighted by molar-refractivity contribution is 7.89. The van der Waals surface area contributed by atoms with E-state index in [9.17, 15) is 13.2 Å². The Morgan fingerprint density at radius 2 is 1.83 bits per heavy atom. The van der Waals surface area contributed by atoms with Gasteiger partial charge in [-0.1, -0.05) is 6.07 Å². The van der Waals surface area contributed by atoms with E-state index in [2.05, 4.69) is 11.9 Å². The Morgan fingerprint density at radius 1 is 1.17 bits per heavy atom. The number of nitrogens with zero attached hydrogens (tertiary/aromatic N) is 2. The quantitative estimate of drug-likeness (QED) is 0.903. The minimum atomic E-state index is -3.63. The summed E-state index contributed by atoms with van der Waals surface area (Å²) < 4.78 is 27.2. The summed E-state index contributed by atoms with van der Waals surface area (Å²) in [5, 5.41) is 9.05. The van der Waals surface area contributed by atoms with Crippen LogP contribution >= 0.6 is 0 Å². The van der Waals surface area contributed by atoms with Crippen LogP contribution in [0.1, 0.15) is 29.6 Å². The van der Waals surface area contributed by atoms with E-state index in [4.69, 9.17) is 5.11 Å². The molecule has 7 heteroatoms. The van der Waals surface area contributed by atoms with Crippen molar-refractivity contribution in [1.82, 2.24) is 9.21 Å². The third-order valence-corrected chi connectivity index (χ3v) is 7.01. The van der Waals surface area contributed by atoms with E-state index in [0.29, 0.717) is 13.1 Å². The molecule has 0 amide bonds. The molecule has 2 heterocycles. The van der Waals surface area contributed by atoms with Crippen molar-refractivity contribution in [3.8, 4) is 0 Å². The summed E-state index contributed by atoms with van der Waals surface area (Å²) in [6.45, 7) is 3.06. The average molecular weight is 338 g/mol. The first kappa shape index (κ1) is 16.4. The van der Waals surface area contributed by atoms with Crippen LogP contribution in [-0.4, -0.2) is 61.9 Å². The highest BCUT2D eigenvalue weighted by atomic mass is 32.2. The number of carbonyl (C=O) groups is 1. The molecule has 0 saturated carbocycles. The van der Waals surface area contributed by atoms with Crippen molar-refractivity contribution in [2.24, 2.45) is 5.41 Å². The summed E-state index contributed by atoms with van der Waals surface area (Å²) in [5.41, 5.74) is 0.0866. The van der Waals surface area contributed by atoms with Crippen molar-refractivity contribution in [3.63, 3.8) is 0 Å². The van der Waals surface area contributed by atoms with Crippen LogP contribution in [0.25, 0.3) is 0 Å². The molecule has 1 spiro atoms. The fraction of sp³-hybridized carbons (Fsp3) is 0.562. The summed E-state index contributed by atoms with van der Waals surface area (Å²) in [7, 11) is -1.54. The lowest BCUT2D eigenvalue weighted by atomic mass is 9.78. The van der Waals surface area contributed by atoms with Crippen LogP contribution in [0.2, 0.25) is 0 Å². The molecule has 0 unspecified atom stereocenters. The molecule has 2 aliphatic rings. The standard InChI is InChI=1S/C16H22N2O4S/c1-17-8-5-16(6-9-17)7-10-18(12-16)23(21,22)14-4-2-3-13(11-14)15(19)20/h2-4,11H,5-10,12H2,1H3,(H,19,20). The lowest BCUT2D eigenvalue weighted by molar-refractivity contribution is 0.0696. The molecule has 1 aromatic rings. The van der Waals surface area contributed by atoms with Crippen molar-refractivity contribution in [1.29, 1.82) is 0 Å². The van der Waals surface area contributed by atoms with Crippen LogP contribution < -0.4 is 0 Å². The molecular weight excluding hydrogens is 316 g/mol. The SMILES string of the molecule is CN1CCC2(CC1)CCN(S(=O)(=O)c1cccc(C(=O)O)c1)C2. The van der Waals surface area contributed by atoms with Gasteiger partial charge in [-0.2, -0.15) is 4.31 Å². The van der Waals surface area contributed by atoms with Gasteiger partial charge in [0.1, 0.15) is 0 Å². The number of carboxylic acids is 1. The van der Waals surface area contributed by atoms with Crippen LogP contribution in [0.15, 0.2) is 29.2 Å². The molecule has 0 atom stereocenters. The largest absolute Gasteiger partial charge is 0.478 e. The van der Waals surface area contributed by atoms with E-state index < -0.39 is 16.0 Å². The van der Waals surface area contributed by atoms with Crippen molar-refractivity contribution < 1.29 is 18.3 Å². The Morgan fingerprint density at radius 3 is 2.48 bits per heavy atom. The maximum absolute atomic E-state index is 12.8. The van der Waals surface area contributed by atoms with Crippen molar-refractivity contribution >= 4 is 16.0 Å².